The Hall–Kier alpha value is -0.450. The summed E-state index contributed by atoms with van der Waals surface area (Å²) in [5.41, 5.74) is 0. The Bertz CT molecular complexity index is 160. The second kappa shape index (κ2) is 14.6. The van der Waals surface area contributed by atoms with Crippen LogP contribution in [0.4, 0.5) is 0 Å². The molecule has 2 rings (SSSR count). The molecule has 2 aliphatic heterocycles. The number of likely N-dealkylation sites (tertiary alicyclic amines) is 1. The Kier molecular flexibility index (Phi) is 14.2. The summed E-state index contributed by atoms with van der Waals surface area (Å²) in [6.45, 7) is 8.71. The summed E-state index contributed by atoms with van der Waals surface area (Å²) < 4.78 is 4.97. The van der Waals surface area contributed by atoms with Crippen molar-refractivity contribution in [1.29, 1.82) is 0 Å². The average molecular weight is 258 g/mol. The Morgan fingerprint density at radius 3 is 2.11 bits per heavy atom. The van der Waals surface area contributed by atoms with Gasteiger partial charge in [-0.25, -0.2) is 0 Å². The first kappa shape index (κ1) is 17.6. The molecule has 2 heterocycles. The molecular weight excluding hydrogens is 228 g/mol. The Morgan fingerprint density at radius 1 is 1.17 bits per heavy atom. The second-order valence-corrected chi connectivity index (χ2v) is 4.59. The number of rotatable bonds is 4. The minimum Gasteiger partial charge on any atom is -0.385 e. The number of nitrogens with one attached hydrogen (secondary N) is 1. The van der Waals surface area contributed by atoms with Gasteiger partial charge in [-0.2, -0.15) is 0 Å². The van der Waals surface area contributed by atoms with Crippen LogP contribution in [0, 0.1) is 0 Å². The highest BCUT2D eigenvalue weighted by Gasteiger charge is 2.09. The number of methoxy groups -OCH3 is 1. The van der Waals surface area contributed by atoms with Crippen LogP contribution in [0.5, 0.6) is 0 Å². The van der Waals surface area contributed by atoms with E-state index in [4.69, 9.17) is 9.53 Å². The smallest absolute Gasteiger partial charge is 0.116 e. The molecule has 0 unspecified atom stereocenters. The van der Waals surface area contributed by atoms with E-state index in [0.717, 1.165) is 12.9 Å². The molecule has 0 atom stereocenters. The van der Waals surface area contributed by atoms with Crippen molar-refractivity contribution in [1.82, 2.24) is 10.2 Å². The van der Waals surface area contributed by atoms with Crippen LogP contribution < -0.4 is 5.32 Å². The van der Waals surface area contributed by atoms with Crippen molar-refractivity contribution in [3.8, 4) is 0 Å². The van der Waals surface area contributed by atoms with Crippen LogP contribution >= 0.6 is 0 Å². The SMILES string of the molecule is C1CCNC1.CC=O.COCCCN1CCCC1. The zero-order chi connectivity index (χ0) is 13.5. The fourth-order valence-electron chi connectivity index (χ4n) is 2.06. The third kappa shape index (κ3) is 12.0. The van der Waals surface area contributed by atoms with E-state index in [1.54, 1.807) is 7.11 Å². The van der Waals surface area contributed by atoms with E-state index in [0.29, 0.717) is 0 Å². The monoisotopic (exact) mass is 258 g/mol. The number of carbonyl (C=O) groups is 1. The second-order valence-electron chi connectivity index (χ2n) is 4.59. The van der Waals surface area contributed by atoms with Crippen LogP contribution in [-0.2, 0) is 9.53 Å². The van der Waals surface area contributed by atoms with Crippen molar-refractivity contribution in [2.24, 2.45) is 0 Å². The van der Waals surface area contributed by atoms with Gasteiger partial charge >= 0.3 is 0 Å². The lowest BCUT2D eigenvalue weighted by molar-refractivity contribution is -0.106. The summed E-state index contributed by atoms with van der Waals surface area (Å²) in [7, 11) is 1.77. The fourth-order valence-corrected chi connectivity index (χ4v) is 2.06. The van der Waals surface area contributed by atoms with Gasteiger partial charge in [-0.3, -0.25) is 0 Å². The van der Waals surface area contributed by atoms with Crippen LogP contribution in [0.3, 0.4) is 0 Å². The van der Waals surface area contributed by atoms with Crippen LogP contribution in [0.25, 0.3) is 0 Å². The minimum atomic E-state index is 0.750. The van der Waals surface area contributed by atoms with Crippen LogP contribution in [0.2, 0.25) is 0 Å². The molecule has 2 aliphatic rings. The quantitative estimate of drug-likeness (QED) is 0.615. The topological polar surface area (TPSA) is 41.6 Å². The van der Waals surface area contributed by atoms with Gasteiger partial charge in [-0.05, 0) is 65.2 Å². The molecular formula is C14H30N2O2. The summed E-state index contributed by atoms with van der Waals surface area (Å²) in [5.74, 6) is 0. The van der Waals surface area contributed by atoms with E-state index in [-0.39, 0.29) is 0 Å². The highest BCUT2D eigenvalue weighted by atomic mass is 16.5. The first-order valence-electron chi connectivity index (χ1n) is 7.17. The summed E-state index contributed by atoms with van der Waals surface area (Å²) in [6.07, 6.45) is 7.51. The molecule has 0 aromatic rings. The number of aldehydes is 1. The van der Waals surface area contributed by atoms with Gasteiger partial charge < -0.3 is 19.7 Å². The molecule has 18 heavy (non-hydrogen) atoms. The zero-order valence-electron chi connectivity index (χ0n) is 12.1. The normalized spacial score (nSPS) is 18.6. The maximum absolute atomic E-state index is 8.81. The lowest BCUT2D eigenvalue weighted by Gasteiger charge is -2.12. The highest BCUT2D eigenvalue weighted by molar-refractivity contribution is 5.44. The van der Waals surface area contributed by atoms with Gasteiger partial charge in [0.1, 0.15) is 6.29 Å². The van der Waals surface area contributed by atoms with Gasteiger partial charge in [0.15, 0.2) is 0 Å². The molecule has 0 bridgehead atoms. The van der Waals surface area contributed by atoms with Gasteiger partial charge in [-0.15, -0.1) is 0 Å². The minimum absolute atomic E-state index is 0.750. The van der Waals surface area contributed by atoms with E-state index >= 15 is 0 Å². The molecule has 0 aromatic heterocycles. The Balaban J connectivity index is 0.000000301. The zero-order valence-corrected chi connectivity index (χ0v) is 12.1. The van der Waals surface area contributed by atoms with Crippen molar-refractivity contribution in [3.05, 3.63) is 0 Å². The first-order chi connectivity index (χ1) is 8.85. The molecule has 0 amide bonds. The van der Waals surface area contributed by atoms with Gasteiger partial charge in [0, 0.05) is 20.3 Å². The van der Waals surface area contributed by atoms with Gasteiger partial charge in [-0.1, -0.05) is 0 Å². The fraction of sp³-hybridized carbons (Fsp3) is 0.929. The number of hydrogen-bond acceptors (Lipinski definition) is 4. The number of hydrogen-bond donors (Lipinski definition) is 1. The third-order valence-corrected chi connectivity index (χ3v) is 2.98. The molecule has 2 saturated heterocycles. The molecule has 108 valence electrons. The summed E-state index contributed by atoms with van der Waals surface area (Å²) in [6, 6.07) is 0. The lowest BCUT2D eigenvalue weighted by atomic mass is 10.4. The Morgan fingerprint density at radius 2 is 1.72 bits per heavy atom. The highest BCUT2D eigenvalue weighted by Crippen LogP contribution is 2.06. The number of nitrogens with zero attached hydrogens (tertiary/aromatic N) is 1. The summed E-state index contributed by atoms with van der Waals surface area (Å²) in [4.78, 5) is 11.3. The average Bonchev–Trinajstić information content (AvgIpc) is 3.07. The van der Waals surface area contributed by atoms with Crippen LogP contribution in [-0.4, -0.2) is 57.6 Å². The first-order valence-corrected chi connectivity index (χ1v) is 7.17. The third-order valence-electron chi connectivity index (χ3n) is 2.98. The van der Waals surface area contributed by atoms with E-state index in [1.165, 1.54) is 71.8 Å². The molecule has 0 saturated carbocycles. The van der Waals surface area contributed by atoms with Crippen molar-refractivity contribution in [2.75, 3.05) is 46.4 Å². The Labute approximate surface area is 112 Å². The van der Waals surface area contributed by atoms with Crippen LogP contribution in [0.15, 0.2) is 0 Å². The lowest BCUT2D eigenvalue weighted by Crippen LogP contribution is -2.21. The number of carbonyl (C=O) groups excluding carboxylic acids is 1. The molecule has 0 spiro atoms. The molecule has 0 aromatic carbocycles. The van der Waals surface area contributed by atoms with Crippen molar-refractivity contribution >= 4 is 6.29 Å². The summed E-state index contributed by atoms with van der Waals surface area (Å²) in [5, 5.41) is 3.22. The van der Waals surface area contributed by atoms with Crippen molar-refractivity contribution < 1.29 is 9.53 Å². The predicted octanol–water partition coefficient (Wildman–Crippen LogP) is 1.69. The molecule has 0 radical (unpaired) electrons. The number of ether oxygens (including phenoxy) is 1. The molecule has 4 nitrogen and oxygen atoms in total. The maximum atomic E-state index is 8.81. The van der Waals surface area contributed by atoms with Gasteiger partial charge in [0.2, 0.25) is 0 Å². The van der Waals surface area contributed by atoms with E-state index in [9.17, 15) is 0 Å². The molecule has 1 N–H and O–H groups in total. The largest absolute Gasteiger partial charge is 0.385 e. The van der Waals surface area contributed by atoms with E-state index in [2.05, 4.69) is 10.2 Å². The van der Waals surface area contributed by atoms with E-state index in [1.807, 2.05) is 0 Å². The predicted molar refractivity (Wildman–Crippen MR) is 76.0 cm³/mol. The van der Waals surface area contributed by atoms with Crippen molar-refractivity contribution in [3.63, 3.8) is 0 Å². The van der Waals surface area contributed by atoms with Gasteiger partial charge in [0.05, 0.1) is 0 Å². The maximum Gasteiger partial charge on any atom is 0.116 e. The standard InChI is InChI=1S/C8H17NO.C4H9N.C2H4O/c1-10-8-4-7-9-5-2-3-6-9;1-2-4-5-3-1;1-2-3/h2-8H2,1H3;5H,1-4H2;2H,1H3. The molecule has 0 aliphatic carbocycles. The van der Waals surface area contributed by atoms with Crippen molar-refractivity contribution in [2.45, 2.75) is 39.0 Å². The summed E-state index contributed by atoms with van der Waals surface area (Å²) >= 11 is 0. The van der Waals surface area contributed by atoms with Crippen LogP contribution in [0.1, 0.15) is 39.0 Å². The van der Waals surface area contributed by atoms with Gasteiger partial charge in [0.25, 0.3) is 0 Å². The molecule has 4 heteroatoms. The molecule has 2 fully saturated rings. The van der Waals surface area contributed by atoms with E-state index < -0.39 is 0 Å².